The Morgan fingerprint density at radius 3 is 2.46 bits per heavy atom. The van der Waals surface area contributed by atoms with E-state index in [1.54, 1.807) is 0 Å². The van der Waals surface area contributed by atoms with Crippen molar-refractivity contribution >= 4 is 17.2 Å². The highest BCUT2D eigenvalue weighted by molar-refractivity contribution is 7.77. The number of carbonyl (C=O) groups is 1. The molecule has 0 heterocycles. The Hall–Kier alpha value is -0.420. The largest absolute Gasteiger partial charge is 0.289 e. The molecule has 0 aliphatic heterocycles. The van der Waals surface area contributed by atoms with Gasteiger partial charge in [-0.05, 0) is 6.42 Å². The van der Waals surface area contributed by atoms with Crippen LogP contribution >= 0.6 is 0 Å². The summed E-state index contributed by atoms with van der Waals surface area (Å²) in [5.41, 5.74) is 0. The van der Waals surface area contributed by atoms with E-state index >= 15 is 0 Å². The van der Waals surface area contributed by atoms with Crippen LogP contribution < -0.4 is 4.72 Å². The topological polar surface area (TPSA) is 66.4 Å². The van der Waals surface area contributed by atoms with Crippen molar-refractivity contribution in [2.45, 2.75) is 45.4 Å². The quantitative estimate of drug-likeness (QED) is 0.492. The van der Waals surface area contributed by atoms with Crippen molar-refractivity contribution in [3.63, 3.8) is 0 Å². The van der Waals surface area contributed by atoms with Gasteiger partial charge in [-0.1, -0.05) is 32.6 Å². The summed E-state index contributed by atoms with van der Waals surface area (Å²) in [7, 11) is 0. The molecule has 0 aromatic carbocycles. The first-order chi connectivity index (χ1) is 6.16. The third kappa shape index (κ3) is 9.49. The van der Waals surface area contributed by atoms with Gasteiger partial charge in [0.15, 0.2) is 0 Å². The zero-order valence-electron chi connectivity index (χ0n) is 7.91. The summed E-state index contributed by atoms with van der Waals surface area (Å²) >= 11 is -2.20. The van der Waals surface area contributed by atoms with E-state index in [0.717, 1.165) is 19.3 Å². The van der Waals surface area contributed by atoms with Gasteiger partial charge in [0.05, 0.1) is 0 Å². The summed E-state index contributed by atoms with van der Waals surface area (Å²) in [6, 6.07) is 0. The molecule has 1 unspecified atom stereocenters. The minimum Gasteiger partial charge on any atom is -0.289 e. The van der Waals surface area contributed by atoms with Gasteiger partial charge in [-0.2, -0.15) is 0 Å². The molecule has 5 heteroatoms. The summed E-state index contributed by atoms with van der Waals surface area (Å²) in [6.45, 7) is 2.13. The van der Waals surface area contributed by atoms with Crippen LogP contribution in [0, 0.1) is 0 Å². The molecule has 0 saturated heterocycles. The van der Waals surface area contributed by atoms with Crippen molar-refractivity contribution in [2.75, 3.05) is 0 Å². The van der Waals surface area contributed by atoms with Gasteiger partial charge < -0.3 is 0 Å². The Kier molecular flexibility index (Phi) is 7.93. The number of hydrogen-bond acceptors (Lipinski definition) is 2. The van der Waals surface area contributed by atoms with E-state index in [1.165, 1.54) is 12.8 Å². The maximum absolute atomic E-state index is 10.8. The normalized spacial score (nSPS) is 12.5. The molecule has 0 radical (unpaired) electrons. The van der Waals surface area contributed by atoms with Crippen molar-refractivity contribution in [1.82, 2.24) is 4.72 Å². The zero-order chi connectivity index (χ0) is 10.1. The first-order valence-electron chi connectivity index (χ1n) is 4.57. The molecule has 0 fully saturated rings. The van der Waals surface area contributed by atoms with Gasteiger partial charge in [-0.3, -0.25) is 14.1 Å². The number of hydrogen-bond donors (Lipinski definition) is 2. The molecule has 0 aliphatic rings. The van der Waals surface area contributed by atoms with E-state index < -0.39 is 11.3 Å². The molecule has 2 N–H and O–H groups in total. The lowest BCUT2D eigenvalue weighted by Gasteiger charge is -2.00. The summed E-state index contributed by atoms with van der Waals surface area (Å²) < 4.78 is 20.4. The second kappa shape index (κ2) is 8.19. The second-order valence-corrected chi connectivity index (χ2v) is 3.64. The molecule has 0 rings (SSSR count). The second-order valence-electron chi connectivity index (χ2n) is 2.94. The van der Waals surface area contributed by atoms with Gasteiger partial charge in [0.2, 0.25) is 5.91 Å². The van der Waals surface area contributed by atoms with Gasteiger partial charge in [0, 0.05) is 6.42 Å². The highest BCUT2D eigenvalue weighted by Gasteiger charge is 2.02. The molecular formula is C8H17NO3S. The van der Waals surface area contributed by atoms with E-state index in [2.05, 4.69) is 6.92 Å². The minimum absolute atomic E-state index is 0.343. The third-order valence-electron chi connectivity index (χ3n) is 1.71. The molecule has 0 aromatic heterocycles. The molecular weight excluding hydrogens is 190 g/mol. The predicted octanol–water partition coefficient (Wildman–Crippen LogP) is 1.60. The van der Waals surface area contributed by atoms with Crippen LogP contribution in [0.2, 0.25) is 0 Å². The maximum Gasteiger partial charge on any atom is 0.261 e. The SMILES string of the molecule is CCCCCCCC(=O)NS(=O)O. The van der Waals surface area contributed by atoms with Crippen LogP contribution in [-0.2, 0) is 16.1 Å². The molecule has 13 heavy (non-hydrogen) atoms. The molecule has 1 amide bonds. The highest BCUT2D eigenvalue weighted by atomic mass is 32.2. The van der Waals surface area contributed by atoms with Crippen molar-refractivity contribution in [3.8, 4) is 0 Å². The lowest BCUT2D eigenvalue weighted by atomic mass is 10.1. The molecule has 1 atom stereocenters. The van der Waals surface area contributed by atoms with Gasteiger partial charge >= 0.3 is 0 Å². The van der Waals surface area contributed by atoms with Crippen LogP contribution in [0.5, 0.6) is 0 Å². The molecule has 0 aliphatic carbocycles. The molecule has 0 spiro atoms. The van der Waals surface area contributed by atoms with E-state index in [-0.39, 0.29) is 5.91 Å². The Balaban J connectivity index is 3.22. The number of rotatable bonds is 7. The van der Waals surface area contributed by atoms with Gasteiger partial charge in [0.1, 0.15) is 0 Å². The van der Waals surface area contributed by atoms with Gasteiger partial charge in [-0.15, -0.1) is 0 Å². The minimum atomic E-state index is -2.20. The van der Waals surface area contributed by atoms with Crippen molar-refractivity contribution < 1.29 is 13.6 Å². The average molecular weight is 207 g/mol. The first kappa shape index (κ1) is 12.6. The zero-order valence-corrected chi connectivity index (χ0v) is 8.73. The maximum atomic E-state index is 10.8. The van der Waals surface area contributed by atoms with E-state index in [9.17, 15) is 9.00 Å². The Morgan fingerprint density at radius 2 is 1.92 bits per heavy atom. The lowest BCUT2D eigenvalue weighted by molar-refractivity contribution is -0.119. The summed E-state index contributed by atoms with van der Waals surface area (Å²) in [4.78, 5) is 10.8. The number of unbranched alkanes of at least 4 members (excludes halogenated alkanes) is 4. The fourth-order valence-corrected chi connectivity index (χ4v) is 1.33. The fourth-order valence-electron chi connectivity index (χ4n) is 1.04. The lowest BCUT2D eigenvalue weighted by Crippen LogP contribution is -2.24. The van der Waals surface area contributed by atoms with Crippen LogP contribution in [-0.4, -0.2) is 14.7 Å². The number of nitrogens with one attached hydrogen (secondary N) is 1. The Bertz CT molecular complexity index is 173. The van der Waals surface area contributed by atoms with Crippen LogP contribution in [0.4, 0.5) is 0 Å². The Labute approximate surface area is 81.5 Å². The summed E-state index contributed by atoms with van der Waals surface area (Å²) in [6.07, 6.45) is 5.64. The van der Waals surface area contributed by atoms with E-state index in [0.29, 0.717) is 6.42 Å². The fraction of sp³-hybridized carbons (Fsp3) is 0.875. The summed E-state index contributed by atoms with van der Waals surface area (Å²) in [5, 5.41) is 0. The smallest absolute Gasteiger partial charge is 0.261 e. The van der Waals surface area contributed by atoms with Crippen LogP contribution in [0.1, 0.15) is 45.4 Å². The monoisotopic (exact) mass is 207 g/mol. The highest BCUT2D eigenvalue weighted by Crippen LogP contribution is 2.04. The van der Waals surface area contributed by atoms with E-state index in [4.69, 9.17) is 4.55 Å². The van der Waals surface area contributed by atoms with Crippen LogP contribution in [0.3, 0.4) is 0 Å². The predicted molar refractivity (Wildman–Crippen MR) is 52.3 cm³/mol. The van der Waals surface area contributed by atoms with Gasteiger partial charge in [-0.25, -0.2) is 4.21 Å². The van der Waals surface area contributed by atoms with Crippen LogP contribution in [0.25, 0.3) is 0 Å². The standard InChI is InChI=1S/C8H17NO3S/c1-2-3-4-5-6-7-8(10)9-13(11)12/h2-7H2,1H3,(H,9,10)(H,11,12). The number of amides is 1. The summed E-state index contributed by atoms with van der Waals surface area (Å²) in [5.74, 6) is -0.350. The van der Waals surface area contributed by atoms with Crippen LogP contribution in [0.15, 0.2) is 0 Å². The molecule has 78 valence electrons. The third-order valence-corrected chi connectivity index (χ3v) is 2.11. The average Bonchev–Trinajstić information content (AvgIpc) is 2.02. The molecule has 0 aromatic rings. The molecule has 0 bridgehead atoms. The van der Waals surface area contributed by atoms with Crippen molar-refractivity contribution in [2.24, 2.45) is 0 Å². The van der Waals surface area contributed by atoms with Crippen molar-refractivity contribution in [1.29, 1.82) is 0 Å². The number of carbonyl (C=O) groups excluding carboxylic acids is 1. The van der Waals surface area contributed by atoms with Gasteiger partial charge in [0.25, 0.3) is 11.3 Å². The van der Waals surface area contributed by atoms with E-state index in [1.807, 2.05) is 4.72 Å². The van der Waals surface area contributed by atoms with Crippen molar-refractivity contribution in [3.05, 3.63) is 0 Å². The molecule has 0 saturated carbocycles. The first-order valence-corrected chi connectivity index (χ1v) is 5.67. The molecule has 4 nitrogen and oxygen atoms in total. The Morgan fingerprint density at radius 1 is 1.31 bits per heavy atom.